The molecule has 0 radical (unpaired) electrons. The Morgan fingerprint density at radius 2 is 1.68 bits per heavy atom. The average molecular weight is 417 g/mol. The van der Waals surface area contributed by atoms with E-state index in [2.05, 4.69) is 29.2 Å². The van der Waals surface area contributed by atoms with Crippen LogP contribution >= 0.6 is 0 Å². The van der Waals surface area contributed by atoms with Crippen LogP contribution in [0, 0.1) is 0 Å². The van der Waals surface area contributed by atoms with Gasteiger partial charge in [0.05, 0.1) is 12.7 Å². The third-order valence-electron chi connectivity index (χ3n) is 5.76. The quantitative estimate of drug-likeness (QED) is 0.672. The van der Waals surface area contributed by atoms with Crippen molar-refractivity contribution >= 4 is 11.6 Å². The van der Waals surface area contributed by atoms with Gasteiger partial charge in [0.2, 0.25) is 0 Å². The van der Waals surface area contributed by atoms with E-state index in [1.54, 1.807) is 13.2 Å². The summed E-state index contributed by atoms with van der Waals surface area (Å²) in [6.07, 6.45) is 1.61. The fourth-order valence-corrected chi connectivity index (χ4v) is 4.04. The molecule has 31 heavy (non-hydrogen) atoms. The van der Waals surface area contributed by atoms with Gasteiger partial charge >= 0.3 is 0 Å². The fraction of sp³-hybridized carbons (Fsp3) is 0.269. The monoisotopic (exact) mass is 416 g/mol. The lowest BCUT2D eigenvalue weighted by atomic mass is 10.0. The van der Waals surface area contributed by atoms with Crippen LogP contribution in [0.5, 0.6) is 11.5 Å². The summed E-state index contributed by atoms with van der Waals surface area (Å²) in [5.74, 6) is 0.767. The number of ether oxygens (including phenoxy) is 1. The first-order valence-corrected chi connectivity index (χ1v) is 10.7. The van der Waals surface area contributed by atoms with Crippen LogP contribution in [-0.4, -0.2) is 49.2 Å². The summed E-state index contributed by atoms with van der Waals surface area (Å²) in [5, 5.41) is 10.4. The van der Waals surface area contributed by atoms with Crippen molar-refractivity contribution in [2.75, 3.05) is 38.2 Å². The number of rotatable bonds is 5. The van der Waals surface area contributed by atoms with Crippen molar-refractivity contribution < 1.29 is 14.6 Å². The molecular formula is C26H28N2O3. The van der Waals surface area contributed by atoms with Gasteiger partial charge in [-0.1, -0.05) is 36.4 Å². The smallest absolute Gasteiger partial charge is 0.257 e. The molecule has 0 saturated carbocycles. The maximum Gasteiger partial charge on any atom is 0.257 e. The summed E-state index contributed by atoms with van der Waals surface area (Å²) >= 11 is 0. The lowest BCUT2D eigenvalue weighted by molar-refractivity contribution is 0.0764. The SMILES string of the molecule is COc1ccc(N2CCCN(C(=O)c3cc(Cc4ccccc4)ccc3O)CC2)cc1. The van der Waals surface area contributed by atoms with Gasteiger partial charge in [0.1, 0.15) is 11.5 Å². The van der Waals surface area contributed by atoms with Crippen LogP contribution in [0.1, 0.15) is 27.9 Å². The van der Waals surface area contributed by atoms with Crippen molar-refractivity contribution in [3.05, 3.63) is 89.5 Å². The highest BCUT2D eigenvalue weighted by atomic mass is 16.5. The molecule has 0 atom stereocenters. The third kappa shape index (κ3) is 5.00. The minimum Gasteiger partial charge on any atom is -0.507 e. The van der Waals surface area contributed by atoms with Gasteiger partial charge in [-0.2, -0.15) is 0 Å². The Kier molecular flexibility index (Phi) is 6.41. The maximum atomic E-state index is 13.2. The average Bonchev–Trinajstić information content (AvgIpc) is 3.07. The van der Waals surface area contributed by atoms with Crippen LogP contribution in [0.15, 0.2) is 72.8 Å². The fourth-order valence-electron chi connectivity index (χ4n) is 4.04. The molecular weight excluding hydrogens is 388 g/mol. The summed E-state index contributed by atoms with van der Waals surface area (Å²) in [4.78, 5) is 17.4. The molecule has 0 unspecified atom stereocenters. The second-order valence-electron chi connectivity index (χ2n) is 7.84. The van der Waals surface area contributed by atoms with Crippen LogP contribution in [0.4, 0.5) is 5.69 Å². The minimum atomic E-state index is -0.107. The number of amides is 1. The minimum absolute atomic E-state index is 0.0399. The largest absolute Gasteiger partial charge is 0.507 e. The summed E-state index contributed by atoms with van der Waals surface area (Å²) in [5.41, 5.74) is 3.70. The number of benzene rings is 3. The number of carbonyl (C=O) groups is 1. The van der Waals surface area contributed by atoms with Crippen LogP contribution in [-0.2, 0) is 6.42 Å². The van der Waals surface area contributed by atoms with Crippen LogP contribution in [0.3, 0.4) is 0 Å². The van der Waals surface area contributed by atoms with E-state index in [9.17, 15) is 9.90 Å². The maximum absolute atomic E-state index is 13.2. The zero-order valence-electron chi connectivity index (χ0n) is 17.8. The standard InChI is InChI=1S/C26H28N2O3/c1-31-23-11-9-22(10-12-23)27-14-5-15-28(17-16-27)26(30)24-19-21(8-13-25(24)29)18-20-6-3-2-4-7-20/h2-4,6-13,19,29H,5,14-18H2,1H3. The van der Waals surface area contributed by atoms with Gasteiger partial charge < -0.3 is 19.6 Å². The third-order valence-corrected chi connectivity index (χ3v) is 5.76. The molecule has 5 heteroatoms. The summed E-state index contributed by atoms with van der Waals surface area (Å²) < 4.78 is 5.24. The highest BCUT2D eigenvalue weighted by Crippen LogP contribution is 2.24. The van der Waals surface area contributed by atoms with Crippen molar-refractivity contribution in [1.82, 2.24) is 4.90 Å². The van der Waals surface area contributed by atoms with E-state index in [0.29, 0.717) is 18.7 Å². The molecule has 5 nitrogen and oxygen atoms in total. The van der Waals surface area contributed by atoms with Gasteiger partial charge in [0.15, 0.2) is 0 Å². The molecule has 3 aromatic rings. The van der Waals surface area contributed by atoms with Gasteiger partial charge in [0.25, 0.3) is 5.91 Å². The Labute approximate surface area is 183 Å². The van der Waals surface area contributed by atoms with E-state index < -0.39 is 0 Å². The van der Waals surface area contributed by atoms with E-state index in [-0.39, 0.29) is 11.7 Å². The number of nitrogens with zero attached hydrogens (tertiary/aromatic N) is 2. The number of hydrogen-bond acceptors (Lipinski definition) is 4. The second-order valence-corrected chi connectivity index (χ2v) is 7.84. The number of anilines is 1. The Bertz CT molecular complexity index is 1020. The Hall–Kier alpha value is -3.47. The molecule has 1 aliphatic rings. The van der Waals surface area contributed by atoms with E-state index in [1.807, 2.05) is 47.4 Å². The van der Waals surface area contributed by atoms with Crippen molar-refractivity contribution in [1.29, 1.82) is 0 Å². The van der Waals surface area contributed by atoms with Crippen molar-refractivity contribution in [3.63, 3.8) is 0 Å². The number of methoxy groups -OCH3 is 1. The topological polar surface area (TPSA) is 53.0 Å². The summed E-state index contributed by atoms with van der Waals surface area (Å²) in [7, 11) is 1.66. The molecule has 3 aromatic carbocycles. The first-order valence-electron chi connectivity index (χ1n) is 10.7. The Morgan fingerprint density at radius 3 is 2.42 bits per heavy atom. The molecule has 1 saturated heterocycles. The normalized spacial score (nSPS) is 14.2. The van der Waals surface area contributed by atoms with Crippen LogP contribution < -0.4 is 9.64 Å². The molecule has 1 heterocycles. The highest BCUT2D eigenvalue weighted by Gasteiger charge is 2.23. The van der Waals surface area contributed by atoms with Gasteiger partial charge in [-0.15, -0.1) is 0 Å². The molecule has 1 fully saturated rings. The molecule has 0 aliphatic carbocycles. The molecule has 1 N–H and O–H groups in total. The first-order chi connectivity index (χ1) is 15.1. The predicted molar refractivity (Wildman–Crippen MR) is 123 cm³/mol. The molecule has 0 aromatic heterocycles. The lowest BCUT2D eigenvalue weighted by Crippen LogP contribution is -2.35. The number of hydrogen-bond donors (Lipinski definition) is 1. The summed E-state index contributed by atoms with van der Waals surface area (Å²) in [6.45, 7) is 2.93. The van der Waals surface area contributed by atoms with Crippen LogP contribution in [0.25, 0.3) is 0 Å². The molecule has 4 rings (SSSR count). The Balaban J connectivity index is 1.46. The first kappa shape index (κ1) is 20.8. The van der Waals surface area contributed by atoms with Crippen LogP contribution in [0.2, 0.25) is 0 Å². The van der Waals surface area contributed by atoms with Gasteiger partial charge in [0, 0.05) is 31.9 Å². The van der Waals surface area contributed by atoms with E-state index in [1.165, 1.54) is 5.56 Å². The van der Waals surface area contributed by atoms with Crippen molar-refractivity contribution in [3.8, 4) is 11.5 Å². The number of carbonyl (C=O) groups excluding carboxylic acids is 1. The highest BCUT2D eigenvalue weighted by molar-refractivity contribution is 5.97. The number of phenols is 1. The number of aromatic hydroxyl groups is 1. The van der Waals surface area contributed by atoms with Crippen molar-refractivity contribution in [2.45, 2.75) is 12.8 Å². The number of phenolic OH excluding ortho intramolecular Hbond substituents is 1. The van der Waals surface area contributed by atoms with E-state index >= 15 is 0 Å². The van der Waals surface area contributed by atoms with E-state index in [0.717, 1.165) is 42.9 Å². The molecule has 0 spiro atoms. The zero-order chi connectivity index (χ0) is 21.6. The predicted octanol–water partition coefficient (Wildman–Crippen LogP) is 4.34. The molecule has 0 bridgehead atoms. The van der Waals surface area contributed by atoms with Gasteiger partial charge in [-0.25, -0.2) is 0 Å². The lowest BCUT2D eigenvalue weighted by Gasteiger charge is -2.24. The van der Waals surface area contributed by atoms with Crippen molar-refractivity contribution in [2.24, 2.45) is 0 Å². The zero-order valence-corrected chi connectivity index (χ0v) is 17.8. The van der Waals surface area contributed by atoms with Gasteiger partial charge in [-0.3, -0.25) is 4.79 Å². The molecule has 1 amide bonds. The Morgan fingerprint density at radius 1 is 0.903 bits per heavy atom. The molecule has 1 aliphatic heterocycles. The summed E-state index contributed by atoms with van der Waals surface area (Å²) in [6, 6.07) is 23.5. The van der Waals surface area contributed by atoms with E-state index in [4.69, 9.17) is 4.74 Å². The molecule has 160 valence electrons. The van der Waals surface area contributed by atoms with Gasteiger partial charge in [-0.05, 0) is 60.4 Å². The second kappa shape index (κ2) is 9.56.